The average Bonchev–Trinajstić information content (AvgIpc) is 3.93. The molecule has 0 aromatic carbocycles. The Morgan fingerprint density at radius 3 is 2.10 bits per heavy atom. The molecule has 6 atom stereocenters. The van der Waals surface area contributed by atoms with E-state index in [-0.39, 0.29) is 48.5 Å². The van der Waals surface area contributed by atoms with Crippen LogP contribution in [0.4, 0.5) is 0 Å². The summed E-state index contributed by atoms with van der Waals surface area (Å²) in [6.07, 6.45) is 24.3. The lowest BCUT2D eigenvalue weighted by Gasteiger charge is -2.43. The topological polar surface area (TPSA) is 123 Å². The maximum atomic E-state index is 13.6. The summed E-state index contributed by atoms with van der Waals surface area (Å²) >= 11 is 0. The summed E-state index contributed by atoms with van der Waals surface area (Å²) in [6.45, 7) is 10.1. The van der Waals surface area contributed by atoms with Gasteiger partial charge in [0.1, 0.15) is 6.04 Å². The van der Waals surface area contributed by atoms with E-state index in [0.717, 1.165) is 63.3 Å². The molecule has 11 heteroatoms. The van der Waals surface area contributed by atoms with Crippen LogP contribution in [0.1, 0.15) is 148 Å². The van der Waals surface area contributed by atoms with Crippen LogP contribution in [-0.4, -0.2) is 131 Å². The summed E-state index contributed by atoms with van der Waals surface area (Å²) in [5.74, 6) is 1.10. The van der Waals surface area contributed by atoms with Gasteiger partial charge in [0.2, 0.25) is 23.6 Å². The van der Waals surface area contributed by atoms with Crippen LogP contribution in [0.3, 0.4) is 0 Å². The highest BCUT2D eigenvalue weighted by atomic mass is 16.5. The second-order valence-electron chi connectivity index (χ2n) is 20.7. The Labute approximate surface area is 353 Å². The number of amides is 4. The molecule has 4 aliphatic carbocycles. The fourth-order valence-corrected chi connectivity index (χ4v) is 14.2. The molecule has 4 amide bonds. The van der Waals surface area contributed by atoms with Gasteiger partial charge in [-0.1, -0.05) is 37.3 Å². The summed E-state index contributed by atoms with van der Waals surface area (Å²) in [6, 6.07) is 0.595. The number of nitrogens with zero attached hydrogens (tertiary/aromatic N) is 4. The molecular formula is C48H75N5O6. The number of carbonyl (C=O) groups is 4. The molecule has 9 fully saturated rings. The van der Waals surface area contributed by atoms with E-state index in [1.165, 1.54) is 121 Å². The third-order valence-corrected chi connectivity index (χ3v) is 17.4. The zero-order chi connectivity index (χ0) is 40.6. The zero-order valence-electron chi connectivity index (χ0n) is 36.2. The first-order valence-electron chi connectivity index (χ1n) is 24.7. The van der Waals surface area contributed by atoms with Crippen LogP contribution in [0.15, 0.2) is 11.1 Å². The molecule has 4 saturated carbocycles. The Morgan fingerprint density at radius 1 is 0.712 bits per heavy atom. The SMILES string of the molecule is CC/C(=C(\C1CCC(O)CC1)C1CCC(OCCN2CCC(CN3CC4CC3CN4C3CCC4C(=O)N(C5CCC(=O)NC5=O)C(=O)C4C3)CC2)CC1)C1CCCCC1. The van der Waals surface area contributed by atoms with Crippen LogP contribution >= 0.6 is 0 Å². The van der Waals surface area contributed by atoms with Crippen molar-refractivity contribution in [3.63, 3.8) is 0 Å². The van der Waals surface area contributed by atoms with Crippen molar-refractivity contribution in [3.8, 4) is 0 Å². The first-order chi connectivity index (χ1) is 28.7. The molecule has 0 spiro atoms. The molecule has 11 nitrogen and oxygen atoms in total. The molecule has 5 heterocycles. The quantitative estimate of drug-likeness (QED) is 0.185. The maximum Gasteiger partial charge on any atom is 0.249 e. The van der Waals surface area contributed by atoms with Crippen LogP contribution < -0.4 is 5.32 Å². The van der Waals surface area contributed by atoms with Gasteiger partial charge in [0.25, 0.3) is 0 Å². The van der Waals surface area contributed by atoms with Crippen LogP contribution in [0.5, 0.6) is 0 Å². The van der Waals surface area contributed by atoms with Gasteiger partial charge in [-0.15, -0.1) is 0 Å². The van der Waals surface area contributed by atoms with Crippen LogP contribution in [0, 0.1) is 35.5 Å². The average molecular weight is 818 g/mol. The number of imide groups is 2. The number of hydrogen-bond acceptors (Lipinski definition) is 9. The van der Waals surface area contributed by atoms with E-state index in [1.807, 2.05) is 11.1 Å². The number of likely N-dealkylation sites (tertiary alicyclic amines) is 4. The summed E-state index contributed by atoms with van der Waals surface area (Å²) < 4.78 is 6.61. The van der Waals surface area contributed by atoms with E-state index in [4.69, 9.17) is 4.74 Å². The molecule has 6 unspecified atom stereocenters. The van der Waals surface area contributed by atoms with Gasteiger partial charge >= 0.3 is 0 Å². The Morgan fingerprint density at radius 2 is 1.42 bits per heavy atom. The lowest BCUT2D eigenvalue weighted by Crippen LogP contribution is -2.54. The van der Waals surface area contributed by atoms with Gasteiger partial charge in [-0.2, -0.15) is 0 Å². The molecule has 5 aliphatic heterocycles. The molecule has 9 rings (SSSR count). The van der Waals surface area contributed by atoms with Crippen molar-refractivity contribution < 1.29 is 29.0 Å². The summed E-state index contributed by atoms with van der Waals surface area (Å²) in [5.41, 5.74) is 3.69. The fraction of sp³-hybridized carbons (Fsp3) is 0.875. The van der Waals surface area contributed by atoms with E-state index < -0.39 is 11.9 Å². The van der Waals surface area contributed by atoms with Gasteiger partial charge in [0.05, 0.1) is 30.7 Å². The van der Waals surface area contributed by atoms with Gasteiger partial charge in [0.15, 0.2) is 0 Å². The Balaban J connectivity index is 0.684. The van der Waals surface area contributed by atoms with Crippen molar-refractivity contribution in [2.75, 3.05) is 45.9 Å². The summed E-state index contributed by atoms with van der Waals surface area (Å²) in [7, 11) is 0. The van der Waals surface area contributed by atoms with E-state index in [1.54, 1.807) is 0 Å². The highest BCUT2D eigenvalue weighted by molar-refractivity contribution is 6.10. The van der Waals surface area contributed by atoms with Crippen LogP contribution in [-0.2, 0) is 23.9 Å². The van der Waals surface area contributed by atoms with E-state index in [2.05, 4.69) is 26.9 Å². The van der Waals surface area contributed by atoms with Crippen molar-refractivity contribution in [2.45, 2.75) is 185 Å². The van der Waals surface area contributed by atoms with Crippen molar-refractivity contribution in [2.24, 2.45) is 35.5 Å². The third kappa shape index (κ3) is 9.03. The minimum Gasteiger partial charge on any atom is -0.393 e. The minimum absolute atomic E-state index is 0.0842. The van der Waals surface area contributed by atoms with Gasteiger partial charge in [0, 0.05) is 50.7 Å². The van der Waals surface area contributed by atoms with Crippen molar-refractivity contribution in [1.29, 1.82) is 0 Å². The number of piperidine rings is 2. The lowest BCUT2D eigenvalue weighted by molar-refractivity contribution is -0.151. The normalized spacial score (nSPS) is 38.8. The number of fused-ring (bicyclic) bond motifs is 3. The highest BCUT2D eigenvalue weighted by Crippen LogP contribution is 2.47. The number of aliphatic hydroxyl groups is 1. The molecule has 2 N–H and O–H groups in total. The highest BCUT2D eigenvalue weighted by Gasteiger charge is 2.56. The van der Waals surface area contributed by atoms with Crippen molar-refractivity contribution in [1.82, 2.24) is 24.9 Å². The number of hydrogen-bond donors (Lipinski definition) is 2. The number of allylic oxidation sites excluding steroid dienone is 2. The van der Waals surface area contributed by atoms with E-state index in [9.17, 15) is 24.3 Å². The molecule has 59 heavy (non-hydrogen) atoms. The second-order valence-corrected chi connectivity index (χ2v) is 20.7. The number of nitrogens with one attached hydrogen (secondary N) is 1. The fourth-order valence-electron chi connectivity index (χ4n) is 14.2. The zero-order valence-corrected chi connectivity index (χ0v) is 36.2. The Kier molecular flexibility index (Phi) is 13.3. The predicted molar refractivity (Wildman–Crippen MR) is 226 cm³/mol. The molecule has 0 radical (unpaired) electrons. The van der Waals surface area contributed by atoms with Crippen molar-refractivity contribution in [3.05, 3.63) is 11.1 Å². The molecule has 9 aliphatic rings. The summed E-state index contributed by atoms with van der Waals surface area (Å²) in [5, 5.41) is 12.6. The second kappa shape index (κ2) is 18.7. The Hall–Kier alpha value is -2.18. The van der Waals surface area contributed by atoms with E-state index >= 15 is 0 Å². The van der Waals surface area contributed by atoms with Gasteiger partial charge < -0.3 is 14.7 Å². The standard InChI is InChI=1S/C48H75N5O6/c1-2-40(32-6-4-3-5-7-32)45(33-8-13-38(54)14-9-33)34-10-15-39(16-11-34)59-25-24-50-22-20-31(21-23-50)28-51-29-37-26-36(51)30-52(37)35-12-17-41-42(27-35)48(58)53(47(41)57)43-18-19-44(55)49-46(43)56/h31-39,41-43,54H,2-30H2,1H3,(H,49,55,56)/b45-40-. The van der Waals surface area contributed by atoms with E-state index in [0.29, 0.717) is 43.0 Å². The molecule has 2 bridgehead atoms. The predicted octanol–water partition coefficient (Wildman–Crippen LogP) is 5.83. The largest absolute Gasteiger partial charge is 0.393 e. The first-order valence-corrected chi connectivity index (χ1v) is 24.7. The smallest absolute Gasteiger partial charge is 0.249 e. The van der Waals surface area contributed by atoms with Gasteiger partial charge in [-0.25, -0.2) is 0 Å². The molecule has 0 aromatic heterocycles. The van der Waals surface area contributed by atoms with Gasteiger partial charge in [-0.3, -0.25) is 39.2 Å². The minimum atomic E-state index is -0.839. The molecule has 328 valence electrons. The lowest BCUT2D eigenvalue weighted by atomic mass is 9.68. The molecular weight excluding hydrogens is 743 g/mol. The molecule has 0 aromatic rings. The van der Waals surface area contributed by atoms with Gasteiger partial charge in [-0.05, 0) is 152 Å². The number of ether oxygens (including phenoxy) is 1. The molecule has 5 saturated heterocycles. The van der Waals surface area contributed by atoms with Crippen molar-refractivity contribution >= 4 is 23.6 Å². The first kappa shape index (κ1) is 42.1. The monoisotopic (exact) mass is 818 g/mol. The van der Waals surface area contributed by atoms with Crippen LogP contribution in [0.25, 0.3) is 0 Å². The number of aliphatic hydroxyl groups excluding tert-OH is 1. The summed E-state index contributed by atoms with van der Waals surface area (Å²) in [4.78, 5) is 60.5. The number of piperazine rings is 1. The maximum absolute atomic E-state index is 13.6. The number of carbonyl (C=O) groups excluding carboxylic acids is 4. The number of rotatable bonds is 12. The Bertz CT molecular complexity index is 1560. The van der Waals surface area contributed by atoms with Crippen LogP contribution in [0.2, 0.25) is 0 Å². The third-order valence-electron chi connectivity index (χ3n) is 17.4.